The predicted octanol–water partition coefficient (Wildman–Crippen LogP) is 8.69. The maximum absolute atomic E-state index is 6.09. The topological polar surface area (TPSA) is 58.7 Å². The minimum absolute atomic E-state index is 0.654. The molecule has 0 aliphatic carbocycles. The van der Waals surface area contributed by atoms with Gasteiger partial charge in [0.2, 0.25) is 11.3 Å². The van der Waals surface area contributed by atoms with Crippen molar-refractivity contribution in [3.05, 3.63) is 209 Å². The van der Waals surface area contributed by atoms with E-state index in [1.165, 1.54) is 0 Å². The van der Waals surface area contributed by atoms with Crippen molar-refractivity contribution in [1.82, 2.24) is 0 Å². The van der Waals surface area contributed by atoms with Crippen LogP contribution in [0.1, 0.15) is 33.4 Å². The highest BCUT2D eigenvalue weighted by atomic mass is 16.5. The second kappa shape index (κ2) is 12.2. The number of nitrogens with zero attached hydrogens (tertiary/aromatic N) is 4. The van der Waals surface area contributed by atoms with Crippen molar-refractivity contribution < 1.29 is 4.74 Å². The Morgan fingerprint density at radius 3 is 1.04 bits per heavy atom. The van der Waals surface area contributed by atoms with Gasteiger partial charge in [0, 0.05) is 33.4 Å². The summed E-state index contributed by atoms with van der Waals surface area (Å²) < 4.78 is 6.09. The van der Waals surface area contributed by atoms with Gasteiger partial charge in [0.05, 0.1) is 30.0 Å². The van der Waals surface area contributed by atoms with Gasteiger partial charge in [0.25, 0.3) is 0 Å². The van der Waals surface area contributed by atoms with Crippen molar-refractivity contribution in [2.75, 3.05) is 7.11 Å². The lowest BCUT2D eigenvalue weighted by Gasteiger charge is -2.38. The van der Waals surface area contributed by atoms with Gasteiger partial charge in [-0.15, -0.1) is 0 Å². The van der Waals surface area contributed by atoms with E-state index in [0.29, 0.717) is 5.75 Å². The second-order valence-electron chi connectivity index (χ2n) is 11.7. The summed E-state index contributed by atoms with van der Waals surface area (Å²) in [5.41, 5.74) is 5.81. The van der Waals surface area contributed by atoms with E-state index in [1.54, 1.807) is 7.11 Å². The van der Waals surface area contributed by atoms with Gasteiger partial charge in [-0.3, -0.25) is 0 Å². The Hall–Kier alpha value is -6.20. The molecular weight excluding hydrogens is 589 g/mol. The third-order valence-electron chi connectivity index (χ3n) is 8.88. The molecule has 0 aromatic heterocycles. The first-order valence-corrected chi connectivity index (χ1v) is 16.0. The molecule has 5 nitrogen and oxygen atoms in total. The van der Waals surface area contributed by atoms with Gasteiger partial charge >= 0.3 is 0 Å². The largest absolute Gasteiger partial charge is 0.496 e. The summed E-state index contributed by atoms with van der Waals surface area (Å²) in [7, 11) is 1.69. The van der Waals surface area contributed by atoms with Gasteiger partial charge in [0.1, 0.15) is 5.75 Å². The Balaban J connectivity index is 1.55. The van der Waals surface area contributed by atoms with Crippen LogP contribution < -0.4 is 4.74 Å². The summed E-state index contributed by atoms with van der Waals surface area (Å²) in [6.07, 6.45) is 0. The molecule has 0 radical (unpaired) electrons. The summed E-state index contributed by atoms with van der Waals surface area (Å²) in [5, 5.41) is 0. The summed E-state index contributed by atoms with van der Waals surface area (Å²) in [6, 6.07) is 59.2. The van der Waals surface area contributed by atoms with Crippen LogP contribution in [0.25, 0.3) is 0 Å². The fourth-order valence-electron chi connectivity index (χ4n) is 6.65. The van der Waals surface area contributed by atoms with E-state index >= 15 is 0 Å². The number of rotatable bonds is 8. The highest BCUT2D eigenvalue weighted by molar-refractivity contribution is 6.55. The Labute approximate surface area is 280 Å². The number of hydrogen-bond acceptors (Lipinski definition) is 5. The quantitative estimate of drug-likeness (QED) is 0.168. The van der Waals surface area contributed by atoms with Gasteiger partial charge in [-0.05, 0) is 6.07 Å². The van der Waals surface area contributed by atoms with E-state index in [-0.39, 0.29) is 0 Å². The van der Waals surface area contributed by atoms with Crippen LogP contribution in [0.3, 0.4) is 0 Å². The molecule has 8 rings (SSSR count). The average molecular weight is 621 g/mol. The van der Waals surface area contributed by atoms with Crippen LogP contribution in [0.15, 0.2) is 196 Å². The van der Waals surface area contributed by atoms with Gasteiger partial charge in [-0.2, -0.15) is 0 Å². The third-order valence-corrected chi connectivity index (χ3v) is 8.88. The van der Waals surface area contributed by atoms with Gasteiger partial charge in [-0.25, -0.2) is 20.0 Å². The Morgan fingerprint density at radius 2 is 0.667 bits per heavy atom. The maximum atomic E-state index is 6.09. The summed E-state index contributed by atoms with van der Waals surface area (Å²) >= 11 is 0. The van der Waals surface area contributed by atoms with Crippen molar-refractivity contribution in [3.8, 4) is 5.75 Å². The minimum atomic E-state index is -1.39. The highest BCUT2D eigenvalue weighted by Gasteiger charge is 2.61. The number of hydrogen-bond donors (Lipinski definition) is 0. The number of para-hydroxylation sites is 1. The van der Waals surface area contributed by atoms with Crippen molar-refractivity contribution in [1.29, 1.82) is 0 Å². The number of aliphatic imine (C=N–C) groups is 4. The Kier molecular flexibility index (Phi) is 7.42. The van der Waals surface area contributed by atoms with Crippen LogP contribution in [-0.2, 0) is 11.3 Å². The molecule has 0 fully saturated rings. The Morgan fingerprint density at radius 1 is 0.354 bits per heavy atom. The van der Waals surface area contributed by atoms with Crippen LogP contribution in [0.4, 0.5) is 0 Å². The molecule has 2 aliphatic heterocycles. The lowest BCUT2D eigenvalue weighted by atomic mass is 9.81. The van der Waals surface area contributed by atoms with Crippen molar-refractivity contribution in [3.63, 3.8) is 0 Å². The van der Waals surface area contributed by atoms with E-state index in [1.807, 2.05) is 115 Å². The molecule has 2 aliphatic rings. The molecule has 0 bridgehead atoms. The molecule has 2 heterocycles. The van der Waals surface area contributed by atoms with E-state index < -0.39 is 11.3 Å². The van der Waals surface area contributed by atoms with E-state index in [9.17, 15) is 0 Å². The predicted molar refractivity (Wildman–Crippen MR) is 195 cm³/mol. The van der Waals surface area contributed by atoms with Crippen LogP contribution in [0.5, 0.6) is 5.75 Å². The summed E-state index contributed by atoms with van der Waals surface area (Å²) in [5.74, 6) is 0.654. The van der Waals surface area contributed by atoms with Gasteiger partial charge in [-0.1, -0.05) is 170 Å². The molecule has 48 heavy (non-hydrogen) atoms. The number of benzene rings is 6. The number of ether oxygens (including phenoxy) is 1. The second-order valence-corrected chi connectivity index (χ2v) is 11.7. The Bertz CT molecular complexity index is 2080. The van der Waals surface area contributed by atoms with E-state index in [0.717, 1.165) is 56.2 Å². The average Bonchev–Trinajstić information content (AvgIpc) is 3.79. The van der Waals surface area contributed by atoms with E-state index in [4.69, 9.17) is 24.7 Å². The summed E-state index contributed by atoms with van der Waals surface area (Å²) in [4.78, 5) is 22.9. The SMILES string of the molecule is COc1ccccc1C1(C2(c3ccccc3)N=C(c3ccccc3)C(c3ccccc3)=N2)N=C(c2ccccc2)C(c2ccccc2)=N1. The van der Waals surface area contributed by atoms with Crippen LogP contribution in [0.2, 0.25) is 0 Å². The molecule has 0 saturated heterocycles. The highest BCUT2D eigenvalue weighted by Crippen LogP contribution is 2.56. The van der Waals surface area contributed by atoms with Crippen LogP contribution in [0, 0.1) is 0 Å². The molecule has 6 aromatic rings. The normalized spacial score (nSPS) is 16.0. The van der Waals surface area contributed by atoms with Crippen molar-refractivity contribution in [2.24, 2.45) is 20.0 Å². The minimum Gasteiger partial charge on any atom is -0.496 e. The monoisotopic (exact) mass is 620 g/mol. The molecule has 230 valence electrons. The fourth-order valence-corrected chi connectivity index (χ4v) is 6.65. The maximum Gasteiger partial charge on any atom is 0.229 e. The smallest absolute Gasteiger partial charge is 0.229 e. The standard InChI is InChI=1S/C43H32N4O/c1-48-37-30-18-17-29-36(37)43(46-40(33-23-11-4-12-24-33)41(47-43)34-25-13-5-14-26-34)42(35-27-15-6-16-28-35)44-38(31-19-7-2-8-20-31)39(45-42)32-21-9-3-10-22-32/h2-30H,1H3. The molecule has 0 unspecified atom stereocenters. The number of methoxy groups -OCH3 is 1. The lowest BCUT2D eigenvalue weighted by Crippen LogP contribution is -2.43. The fraction of sp³-hybridized carbons (Fsp3) is 0.0698. The first-order valence-electron chi connectivity index (χ1n) is 16.0. The van der Waals surface area contributed by atoms with Gasteiger partial charge in [0.15, 0.2) is 0 Å². The zero-order chi connectivity index (χ0) is 32.4. The molecule has 5 heteroatoms. The van der Waals surface area contributed by atoms with Crippen molar-refractivity contribution in [2.45, 2.75) is 11.3 Å². The molecule has 0 spiro atoms. The molecule has 0 amide bonds. The molecular formula is C43H32N4O. The first-order chi connectivity index (χ1) is 23.7. The van der Waals surface area contributed by atoms with Crippen LogP contribution in [-0.4, -0.2) is 30.0 Å². The molecule has 0 atom stereocenters. The third kappa shape index (κ3) is 4.79. The van der Waals surface area contributed by atoms with E-state index in [2.05, 4.69) is 60.7 Å². The van der Waals surface area contributed by atoms with Gasteiger partial charge < -0.3 is 4.74 Å². The molecule has 6 aromatic carbocycles. The molecule has 0 N–H and O–H groups in total. The summed E-state index contributed by atoms with van der Waals surface area (Å²) in [6.45, 7) is 0. The lowest BCUT2D eigenvalue weighted by molar-refractivity contribution is 0.248. The zero-order valence-corrected chi connectivity index (χ0v) is 26.4. The zero-order valence-electron chi connectivity index (χ0n) is 26.4. The molecule has 0 saturated carbocycles. The van der Waals surface area contributed by atoms with Crippen LogP contribution >= 0.6 is 0 Å². The first kappa shape index (κ1) is 29.2. The van der Waals surface area contributed by atoms with Crippen molar-refractivity contribution >= 4 is 22.8 Å².